The zero-order chi connectivity index (χ0) is 21.1. The Morgan fingerprint density at radius 2 is 1.93 bits per heavy atom. The van der Waals surface area contributed by atoms with Crippen molar-refractivity contribution in [1.29, 1.82) is 0 Å². The van der Waals surface area contributed by atoms with Crippen molar-refractivity contribution < 1.29 is 13.1 Å². The van der Waals surface area contributed by atoms with Crippen LogP contribution in [-0.4, -0.2) is 38.2 Å². The molecule has 1 aromatic carbocycles. The van der Waals surface area contributed by atoms with Crippen LogP contribution in [0.1, 0.15) is 0 Å². The van der Waals surface area contributed by atoms with Crippen LogP contribution in [0.2, 0.25) is 5.02 Å². The van der Waals surface area contributed by atoms with Gasteiger partial charge in [-0.05, 0) is 29.8 Å². The zero-order valence-corrected chi connectivity index (χ0v) is 18.2. The number of fused-ring (bicyclic) bond motifs is 1. The van der Waals surface area contributed by atoms with Gasteiger partial charge in [0.05, 0.1) is 24.0 Å². The van der Waals surface area contributed by atoms with Gasteiger partial charge < -0.3 is 4.74 Å². The monoisotopic (exact) mass is 461 g/mol. The molecule has 0 amide bonds. The van der Waals surface area contributed by atoms with Crippen LogP contribution in [0.4, 0.5) is 0 Å². The highest BCUT2D eigenvalue weighted by Gasteiger charge is 2.12. The molecule has 0 aliphatic rings. The van der Waals surface area contributed by atoms with Crippen LogP contribution in [0, 0.1) is 0 Å². The van der Waals surface area contributed by atoms with Crippen molar-refractivity contribution in [2.45, 2.75) is 0 Å². The predicted octanol–water partition coefficient (Wildman–Crippen LogP) is 3.85. The number of benzene rings is 1. The summed E-state index contributed by atoms with van der Waals surface area (Å²) in [5.41, 5.74) is 2.04. The molecule has 1 unspecified atom stereocenters. The average molecular weight is 462 g/mol. The smallest absolute Gasteiger partial charge is 0.275 e. The van der Waals surface area contributed by atoms with Gasteiger partial charge in [0, 0.05) is 22.2 Å². The van der Waals surface area contributed by atoms with E-state index in [-0.39, 0.29) is 18.8 Å². The van der Waals surface area contributed by atoms with E-state index in [1.807, 2.05) is 30.3 Å². The first kappa shape index (κ1) is 20.7. The standard InChI is InChI=1S/C20H16ClN3O4S2/c1-30(26)28-9-8-27-18-7-6-15(11-22-18)24-12-23-16-10-17(29-19(16)20(24)25)13-2-4-14(21)5-3-13/h2-7,10-12H,8-9H2,1H3. The van der Waals surface area contributed by atoms with E-state index < -0.39 is 11.1 Å². The van der Waals surface area contributed by atoms with Crippen LogP contribution in [-0.2, 0) is 15.3 Å². The molecule has 4 aromatic rings. The lowest BCUT2D eigenvalue weighted by Crippen LogP contribution is -2.18. The molecule has 10 heteroatoms. The van der Waals surface area contributed by atoms with Gasteiger partial charge in [0.25, 0.3) is 5.56 Å². The molecule has 0 fully saturated rings. The lowest BCUT2D eigenvalue weighted by atomic mass is 10.2. The molecule has 0 aliphatic carbocycles. The summed E-state index contributed by atoms with van der Waals surface area (Å²) < 4.78 is 23.2. The minimum absolute atomic E-state index is 0.167. The summed E-state index contributed by atoms with van der Waals surface area (Å²) in [5.74, 6) is 0.382. The third-order valence-electron chi connectivity index (χ3n) is 4.15. The topological polar surface area (TPSA) is 83.3 Å². The second-order valence-corrected chi connectivity index (χ2v) is 8.71. The summed E-state index contributed by atoms with van der Waals surface area (Å²) in [7, 11) is 0. The fourth-order valence-electron chi connectivity index (χ4n) is 2.75. The van der Waals surface area contributed by atoms with Crippen LogP contribution in [0.15, 0.2) is 59.8 Å². The molecule has 4 rings (SSSR count). The van der Waals surface area contributed by atoms with Crippen molar-refractivity contribution in [1.82, 2.24) is 14.5 Å². The van der Waals surface area contributed by atoms with E-state index in [4.69, 9.17) is 20.5 Å². The minimum Gasteiger partial charge on any atom is -0.475 e. The SMILES string of the molecule is CS(=O)OCCOc1ccc(-n2cnc3cc(-c4ccc(Cl)cc4)sc3c2=O)cn1. The molecule has 30 heavy (non-hydrogen) atoms. The van der Waals surface area contributed by atoms with Gasteiger partial charge in [-0.3, -0.25) is 13.5 Å². The maximum Gasteiger partial charge on any atom is 0.275 e. The van der Waals surface area contributed by atoms with Gasteiger partial charge in [0.15, 0.2) is 11.1 Å². The van der Waals surface area contributed by atoms with E-state index >= 15 is 0 Å². The maximum absolute atomic E-state index is 13.0. The maximum atomic E-state index is 13.0. The Hall–Kier alpha value is -2.59. The van der Waals surface area contributed by atoms with Gasteiger partial charge in [-0.15, -0.1) is 11.3 Å². The first-order chi connectivity index (χ1) is 14.5. The molecular formula is C20H16ClN3O4S2. The number of thiophene rings is 1. The van der Waals surface area contributed by atoms with Gasteiger partial charge in [-0.1, -0.05) is 23.7 Å². The molecule has 0 aliphatic heterocycles. The van der Waals surface area contributed by atoms with Crippen molar-refractivity contribution in [3.05, 3.63) is 70.4 Å². The van der Waals surface area contributed by atoms with Crippen LogP contribution < -0.4 is 10.3 Å². The van der Waals surface area contributed by atoms with Crippen LogP contribution in [0.25, 0.3) is 26.3 Å². The number of hydrogen-bond donors (Lipinski definition) is 0. The lowest BCUT2D eigenvalue weighted by Gasteiger charge is -2.07. The number of rotatable bonds is 7. The number of pyridine rings is 1. The van der Waals surface area contributed by atoms with Crippen LogP contribution >= 0.6 is 22.9 Å². The predicted molar refractivity (Wildman–Crippen MR) is 119 cm³/mol. The Morgan fingerprint density at radius 3 is 2.63 bits per heavy atom. The molecule has 3 heterocycles. The van der Waals surface area contributed by atoms with E-state index in [9.17, 15) is 9.00 Å². The average Bonchev–Trinajstić information content (AvgIpc) is 3.18. The Kier molecular flexibility index (Phi) is 6.24. The van der Waals surface area contributed by atoms with Crippen molar-refractivity contribution in [2.24, 2.45) is 0 Å². The second kappa shape index (κ2) is 9.05. The van der Waals surface area contributed by atoms with E-state index in [1.165, 1.54) is 34.7 Å². The number of halogens is 1. The molecule has 0 saturated carbocycles. The molecule has 7 nitrogen and oxygen atoms in total. The van der Waals surface area contributed by atoms with Crippen molar-refractivity contribution in [2.75, 3.05) is 19.5 Å². The third kappa shape index (κ3) is 4.59. The van der Waals surface area contributed by atoms with Gasteiger partial charge in [-0.2, -0.15) is 0 Å². The van der Waals surface area contributed by atoms with Crippen LogP contribution in [0.3, 0.4) is 0 Å². The van der Waals surface area contributed by atoms with Crippen molar-refractivity contribution >= 4 is 44.2 Å². The summed E-state index contributed by atoms with van der Waals surface area (Å²) in [6, 6.07) is 12.7. The fraction of sp³-hybridized carbons (Fsp3) is 0.150. The summed E-state index contributed by atoms with van der Waals surface area (Å²) in [5, 5.41) is 0.660. The summed E-state index contributed by atoms with van der Waals surface area (Å²) in [6.07, 6.45) is 4.48. The fourth-order valence-corrected chi connectivity index (χ4v) is 4.23. The Morgan fingerprint density at radius 1 is 1.13 bits per heavy atom. The molecule has 0 saturated heterocycles. The van der Waals surface area contributed by atoms with Gasteiger partial charge in [-0.25, -0.2) is 14.2 Å². The largest absolute Gasteiger partial charge is 0.475 e. The Balaban J connectivity index is 1.57. The lowest BCUT2D eigenvalue weighted by molar-refractivity contribution is 0.225. The molecular weight excluding hydrogens is 446 g/mol. The highest BCUT2D eigenvalue weighted by atomic mass is 35.5. The minimum atomic E-state index is -1.33. The second-order valence-electron chi connectivity index (χ2n) is 6.18. The molecule has 0 N–H and O–H groups in total. The Labute approximate surface area is 183 Å². The van der Waals surface area contributed by atoms with E-state index in [0.717, 1.165) is 10.4 Å². The normalized spacial score (nSPS) is 12.2. The molecule has 3 aromatic heterocycles. The zero-order valence-electron chi connectivity index (χ0n) is 15.8. The van der Waals surface area contributed by atoms with Gasteiger partial charge >= 0.3 is 0 Å². The third-order valence-corrected chi connectivity index (χ3v) is 6.06. The number of hydrogen-bond acceptors (Lipinski definition) is 7. The first-order valence-electron chi connectivity index (χ1n) is 8.84. The Bertz CT molecular complexity index is 1250. The number of nitrogens with zero attached hydrogens (tertiary/aromatic N) is 3. The van der Waals surface area contributed by atoms with E-state index in [0.29, 0.717) is 26.8 Å². The quantitative estimate of drug-likeness (QED) is 0.389. The highest BCUT2D eigenvalue weighted by Crippen LogP contribution is 2.31. The van der Waals surface area contributed by atoms with Crippen molar-refractivity contribution in [3.8, 4) is 22.0 Å². The number of aromatic nitrogens is 3. The summed E-state index contributed by atoms with van der Waals surface area (Å²) >= 11 is 6.01. The van der Waals surface area contributed by atoms with E-state index in [1.54, 1.807) is 12.1 Å². The molecule has 0 spiro atoms. The molecule has 0 radical (unpaired) electrons. The molecule has 154 valence electrons. The molecule has 1 atom stereocenters. The molecule has 0 bridgehead atoms. The highest BCUT2D eigenvalue weighted by molar-refractivity contribution is 7.79. The van der Waals surface area contributed by atoms with Crippen molar-refractivity contribution in [3.63, 3.8) is 0 Å². The summed E-state index contributed by atoms with van der Waals surface area (Å²) in [4.78, 5) is 22.6. The van der Waals surface area contributed by atoms with Gasteiger partial charge in [0.2, 0.25) is 5.88 Å². The van der Waals surface area contributed by atoms with E-state index in [2.05, 4.69) is 9.97 Å². The summed E-state index contributed by atoms with van der Waals surface area (Å²) in [6.45, 7) is 0.420. The first-order valence-corrected chi connectivity index (χ1v) is 11.5. The van der Waals surface area contributed by atoms with Gasteiger partial charge in [0.1, 0.15) is 17.6 Å². The van der Waals surface area contributed by atoms with Crippen LogP contribution in [0.5, 0.6) is 5.88 Å². The number of ether oxygens (including phenoxy) is 1.